The van der Waals surface area contributed by atoms with E-state index in [2.05, 4.69) is 21.2 Å². The van der Waals surface area contributed by atoms with E-state index in [1.54, 1.807) is 30.1 Å². The van der Waals surface area contributed by atoms with Crippen LogP contribution in [0.4, 0.5) is 10.5 Å². The molecule has 1 aromatic carbocycles. The van der Waals surface area contributed by atoms with E-state index in [1.807, 2.05) is 6.92 Å². The van der Waals surface area contributed by atoms with Gasteiger partial charge in [-0.15, -0.1) is 0 Å². The van der Waals surface area contributed by atoms with Gasteiger partial charge in [-0.1, -0.05) is 11.6 Å². The fraction of sp³-hybridized carbons (Fsp3) is 0.300. The molecule has 0 fully saturated rings. The van der Waals surface area contributed by atoms with Gasteiger partial charge in [-0.05, 0) is 41.1 Å². The summed E-state index contributed by atoms with van der Waals surface area (Å²) in [6.45, 7) is 2.58. The van der Waals surface area contributed by atoms with Gasteiger partial charge in [0.2, 0.25) is 0 Å². The highest BCUT2D eigenvalue weighted by atomic mass is 79.9. The first kappa shape index (κ1) is 12.3. The van der Waals surface area contributed by atoms with Crippen molar-refractivity contribution in [2.75, 3.05) is 18.9 Å². The molecule has 82 valence electrons. The lowest BCUT2D eigenvalue weighted by Gasteiger charge is -2.16. The summed E-state index contributed by atoms with van der Waals surface area (Å²) in [5.41, 5.74) is 0.713. The summed E-state index contributed by atoms with van der Waals surface area (Å²) in [5.74, 6) is 0. The van der Waals surface area contributed by atoms with E-state index in [4.69, 9.17) is 11.6 Å². The molecule has 0 aliphatic heterocycles. The molecule has 0 aromatic heterocycles. The maximum atomic E-state index is 11.5. The standard InChI is InChI=1S/C10H12BrClN2O/c1-3-14(2)10(15)13-9-5-4-7(12)6-8(9)11/h4-6H,3H2,1-2H3,(H,13,15). The number of benzene rings is 1. The third-order valence-electron chi connectivity index (χ3n) is 1.99. The van der Waals surface area contributed by atoms with Gasteiger partial charge >= 0.3 is 6.03 Å². The maximum Gasteiger partial charge on any atom is 0.321 e. The molecule has 3 nitrogen and oxygen atoms in total. The van der Waals surface area contributed by atoms with Crippen LogP contribution in [0.15, 0.2) is 22.7 Å². The second-order valence-corrected chi connectivity index (χ2v) is 4.36. The van der Waals surface area contributed by atoms with E-state index in [1.165, 1.54) is 0 Å². The third kappa shape index (κ3) is 3.39. The molecule has 5 heteroatoms. The van der Waals surface area contributed by atoms with E-state index in [0.717, 1.165) is 4.47 Å². The fourth-order valence-corrected chi connectivity index (χ4v) is 1.73. The largest absolute Gasteiger partial charge is 0.328 e. The van der Waals surface area contributed by atoms with Gasteiger partial charge in [0.15, 0.2) is 0 Å². The molecular formula is C10H12BrClN2O. The number of carbonyl (C=O) groups is 1. The third-order valence-corrected chi connectivity index (χ3v) is 2.88. The number of rotatable bonds is 2. The van der Waals surface area contributed by atoms with Crippen molar-refractivity contribution in [2.24, 2.45) is 0 Å². The predicted molar refractivity (Wildman–Crippen MR) is 66.5 cm³/mol. The number of nitrogens with zero attached hydrogens (tertiary/aromatic N) is 1. The summed E-state index contributed by atoms with van der Waals surface area (Å²) in [5, 5.41) is 3.40. The monoisotopic (exact) mass is 290 g/mol. The SMILES string of the molecule is CCN(C)C(=O)Nc1ccc(Cl)cc1Br. The van der Waals surface area contributed by atoms with Gasteiger partial charge in [-0.3, -0.25) is 0 Å². The van der Waals surface area contributed by atoms with Crippen LogP contribution in [0.1, 0.15) is 6.92 Å². The van der Waals surface area contributed by atoms with Gasteiger partial charge in [-0.25, -0.2) is 4.79 Å². The molecule has 0 heterocycles. The summed E-state index contributed by atoms with van der Waals surface area (Å²) < 4.78 is 0.771. The lowest BCUT2D eigenvalue weighted by Crippen LogP contribution is -2.31. The van der Waals surface area contributed by atoms with Gasteiger partial charge in [0, 0.05) is 23.1 Å². The molecule has 1 aromatic rings. The molecule has 0 aliphatic rings. The molecule has 0 spiro atoms. The van der Waals surface area contributed by atoms with Crippen molar-refractivity contribution in [1.82, 2.24) is 4.90 Å². The van der Waals surface area contributed by atoms with Gasteiger partial charge < -0.3 is 10.2 Å². The minimum absolute atomic E-state index is 0.138. The number of carbonyl (C=O) groups excluding carboxylic acids is 1. The van der Waals surface area contributed by atoms with Crippen LogP contribution in [0.3, 0.4) is 0 Å². The quantitative estimate of drug-likeness (QED) is 0.887. The van der Waals surface area contributed by atoms with E-state index in [0.29, 0.717) is 17.3 Å². The van der Waals surface area contributed by atoms with Crippen LogP contribution < -0.4 is 5.32 Å². The van der Waals surface area contributed by atoms with Crippen molar-refractivity contribution >= 4 is 39.2 Å². The number of halogens is 2. The lowest BCUT2D eigenvalue weighted by molar-refractivity contribution is 0.224. The minimum Gasteiger partial charge on any atom is -0.328 e. The summed E-state index contributed by atoms with van der Waals surface area (Å²) in [6.07, 6.45) is 0. The lowest BCUT2D eigenvalue weighted by atomic mass is 10.3. The Morgan fingerprint density at radius 2 is 2.27 bits per heavy atom. The summed E-state index contributed by atoms with van der Waals surface area (Å²) >= 11 is 9.12. The zero-order chi connectivity index (χ0) is 11.4. The van der Waals surface area contributed by atoms with Crippen molar-refractivity contribution in [3.63, 3.8) is 0 Å². The molecule has 0 radical (unpaired) electrons. The summed E-state index contributed by atoms with van der Waals surface area (Å²) in [6, 6.07) is 5.09. The zero-order valence-electron chi connectivity index (χ0n) is 8.55. The normalized spacial score (nSPS) is 9.87. The topological polar surface area (TPSA) is 32.3 Å². The highest BCUT2D eigenvalue weighted by molar-refractivity contribution is 9.10. The maximum absolute atomic E-state index is 11.5. The number of hydrogen-bond acceptors (Lipinski definition) is 1. The van der Waals surface area contributed by atoms with Gasteiger partial charge in [0.05, 0.1) is 5.69 Å². The van der Waals surface area contributed by atoms with Crippen molar-refractivity contribution < 1.29 is 4.79 Å². The molecule has 2 amide bonds. The molecule has 0 atom stereocenters. The molecule has 0 saturated carbocycles. The summed E-state index contributed by atoms with van der Waals surface area (Å²) in [7, 11) is 1.74. The molecule has 0 saturated heterocycles. The molecule has 1 rings (SSSR count). The van der Waals surface area contributed by atoms with Crippen LogP contribution >= 0.6 is 27.5 Å². The van der Waals surface area contributed by atoms with Crippen LogP contribution in [0, 0.1) is 0 Å². The van der Waals surface area contributed by atoms with Gasteiger partial charge in [0.1, 0.15) is 0 Å². The van der Waals surface area contributed by atoms with Crippen LogP contribution in [0.25, 0.3) is 0 Å². The van der Waals surface area contributed by atoms with Crippen LogP contribution in [0.2, 0.25) is 5.02 Å². The molecule has 0 aliphatic carbocycles. The Morgan fingerprint density at radius 1 is 1.60 bits per heavy atom. The van der Waals surface area contributed by atoms with E-state index in [-0.39, 0.29) is 6.03 Å². The highest BCUT2D eigenvalue weighted by Gasteiger charge is 2.08. The Labute approximate surface area is 103 Å². The van der Waals surface area contributed by atoms with Gasteiger partial charge in [0.25, 0.3) is 0 Å². The number of nitrogens with one attached hydrogen (secondary N) is 1. The minimum atomic E-state index is -0.138. The molecular weight excluding hydrogens is 279 g/mol. The fourth-order valence-electron chi connectivity index (χ4n) is 0.945. The zero-order valence-corrected chi connectivity index (χ0v) is 10.9. The van der Waals surface area contributed by atoms with E-state index >= 15 is 0 Å². The first-order valence-electron chi connectivity index (χ1n) is 4.51. The predicted octanol–water partition coefficient (Wildman–Crippen LogP) is 3.59. The first-order valence-corrected chi connectivity index (χ1v) is 5.69. The molecule has 1 N–H and O–H groups in total. The average Bonchev–Trinajstić information content (AvgIpc) is 2.20. The van der Waals surface area contributed by atoms with Crippen molar-refractivity contribution in [2.45, 2.75) is 6.92 Å². The Hall–Kier alpha value is -0.740. The second kappa shape index (κ2) is 5.37. The first-order chi connectivity index (χ1) is 7.04. The molecule has 0 unspecified atom stereocenters. The van der Waals surface area contributed by atoms with Crippen molar-refractivity contribution in [3.8, 4) is 0 Å². The Morgan fingerprint density at radius 3 is 2.80 bits per heavy atom. The Balaban J connectivity index is 2.77. The number of amides is 2. The smallest absolute Gasteiger partial charge is 0.321 e. The van der Waals surface area contributed by atoms with Crippen molar-refractivity contribution in [1.29, 1.82) is 0 Å². The van der Waals surface area contributed by atoms with E-state index in [9.17, 15) is 4.79 Å². The average molecular weight is 292 g/mol. The van der Waals surface area contributed by atoms with Gasteiger partial charge in [-0.2, -0.15) is 0 Å². The number of urea groups is 1. The van der Waals surface area contributed by atoms with Crippen LogP contribution in [-0.2, 0) is 0 Å². The Kier molecular flexibility index (Phi) is 4.42. The van der Waals surface area contributed by atoms with Crippen LogP contribution in [-0.4, -0.2) is 24.5 Å². The van der Waals surface area contributed by atoms with Crippen LogP contribution in [0.5, 0.6) is 0 Å². The molecule has 15 heavy (non-hydrogen) atoms. The second-order valence-electron chi connectivity index (χ2n) is 3.07. The molecule has 0 bridgehead atoms. The Bertz CT molecular complexity index is 370. The van der Waals surface area contributed by atoms with E-state index < -0.39 is 0 Å². The summed E-state index contributed by atoms with van der Waals surface area (Å²) in [4.78, 5) is 13.1. The number of hydrogen-bond donors (Lipinski definition) is 1. The van der Waals surface area contributed by atoms with Crippen molar-refractivity contribution in [3.05, 3.63) is 27.7 Å². The highest BCUT2D eigenvalue weighted by Crippen LogP contribution is 2.25. The number of anilines is 1.